The Morgan fingerprint density at radius 3 is 3.00 bits per heavy atom. The second kappa shape index (κ2) is 6.45. The van der Waals surface area contributed by atoms with Crippen LogP contribution >= 0.6 is 11.6 Å². The molecule has 2 N–H and O–H groups in total. The summed E-state index contributed by atoms with van der Waals surface area (Å²) < 4.78 is 0. The number of aliphatic hydroxyl groups is 1. The van der Waals surface area contributed by atoms with Gasteiger partial charge in [-0.15, -0.1) is 11.6 Å². The number of nitrogens with one attached hydrogen (secondary N) is 1. The number of rotatable bonds is 5. The summed E-state index contributed by atoms with van der Waals surface area (Å²) in [6.45, 7) is 2.54. The number of carbonyl (C=O) groups excluding carboxylic acids is 1. The quantitative estimate of drug-likeness (QED) is 0.731. The fraction of sp³-hybridized carbons (Fsp3) is 0.917. The van der Waals surface area contributed by atoms with Crippen LogP contribution in [0.4, 0.5) is 0 Å². The zero-order chi connectivity index (χ0) is 12.0. The summed E-state index contributed by atoms with van der Waals surface area (Å²) in [5, 5.41) is 13.1. The molecule has 0 aliphatic heterocycles. The fourth-order valence-corrected chi connectivity index (χ4v) is 2.51. The molecule has 1 amide bonds. The van der Waals surface area contributed by atoms with E-state index in [-0.39, 0.29) is 5.91 Å². The van der Waals surface area contributed by atoms with Gasteiger partial charge in [0, 0.05) is 18.8 Å². The van der Waals surface area contributed by atoms with E-state index < -0.39 is 5.60 Å². The molecule has 0 aromatic heterocycles. The Morgan fingerprint density at radius 1 is 1.62 bits per heavy atom. The lowest BCUT2D eigenvalue weighted by atomic mass is 9.79. The monoisotopic (exact) mass is 247 g/mol. The zero-order valence-corrected chi connectivity index (χ0v) is 10.7. The molecule has 1 rings (SSSR count). The predicted octanol–water partition coefficient (Wildman–Crippen LogP) is 2.06. The molecule has 3 nitrogen and oxygen atoms in total. The van der Waals surface area contributed by atoms with Crippen molar-refractivity contribution >= 4 is 17.5 Å². The van der Waals surface area contributed by atoms with Crippen LogP contribution in [-0.2, 0) is 4.79 Å². The van der Waals surface area contributed by atoms with E-state index in [2.05, 4.69) is 12.2 Å². The lowest BCUT2D eigenvalue weighted by Crippen LogP contribution is -2.45. The molecule has 0 aromatic rings. The zero-order valence-electron chi connectivity index (χ0n) is 9.97. The molecule has 0 spiro atoms. The van der Waals surface area contributed by atoms with E-state index in [1.807, 2.05) is 0 Å². The number of amides is 1. The topological polar surface area (TPSA) is 49.3 Å². The van der Waals surface area contributed by atoms with Gasteiger partial charge in [-0.05, 0) is 25.2 Å². The smallest absolute Gasteiger partial charge is 0.220 e. The van der Waals surface area contributed by atoms with Crippen molar-refractivity contribution in [3.05, 3.63) is 0 Å². The van der Waals surface area contributed by atoms with E-state index in [1.54, 1.807) is 0 Å². The highest BCUT2D eigenvalue weighted by Crippen LogP contribution is 2.31. The van der Waals surface area contributed by atoms with Crippen LogP contribution in [0.2, 0.25) is 0 Å². The van der Waals surface area contributed by atoms with Crippen LogP contribution in [0.3, 0.4) is 0 Å². The Morgan fingerprint density at radius 2 is 2.38 bits per heavy atom. The van der Waals surface area contributed by atoms with Crippen molar-refractivity contribution in [2.45, 2.75) is 51.0 Å². The maximum absolute atomic E-state index is 11.4. The van der Waals surface area contributed by atoms with Gasteiger partial charge in [0.25, 0.3) is 0 Å². The summed E-state index contributed by atoms with van der Waals surface area (Å²) in [5.41, 5.74) is -0.686. The summed E-state index contributed by atoms with van der Waals surface area (Å²) in [6, 6.07) is 0. The van der Waals surface area contributed by atoms with E-state index >= 15 is 0 Å². The minimum atomic E-state index is -0.686. The molecule has 1 aliphatic rings. The van der Waals surface area contributed by atoms with Crippen molar-refractivity contribution < 1.29 is 9.90 Å². The van der Waals surface area contributed by atoms with Gasteiger partial charge in [0.2, 0.25) is 5.91 Å². The summed E-state index contributed by atoms with van der Waals surface area (Å²) in [5.74, 6) is 1.06. The van der Waals surface area contributed by atoms with Gasteiger partial charge in [-0.3, -0.25) is 4.79 Å². The second-order valence-electron chi connectivity index (χ2n) is 5.00. The van der Waals surface area contributed by atoms with Crippen LogP contribution in [0, 0.1) is 5.92 Å². The summed E-state index contributed by atoms with van der Waals surface area (Å²) in [7, 11) is 0. The first-order chi connectivity index (χ1) is 7.56. The summed E-state index contributed by atoms with van der Waals surface area (Å²) in [6.07, 6.45) is 4.98. The molecule has 0 aromatic carbocycles. The lowest BCUT2D eigenvalue weighted by Gasteiger charge is -2.35. The van der Waals surface area contributed by atoms with Crippen molar-refractivity contribution in [2.75, 3.05) is 12.4 Å². The minimum Gasteiger partial charge on any atom is -0.388 e. The van der Waals surface area contributed by atoms with Crippen LogP contribution in [0.5, 0.6) is 0 Å². The van der Waals surface area contributed by atoms with Gasteiger partial charge >= 0.3 is 0 Å². The fourth-order valence-electron chi connectivity index (χ4n) is 2.37. The Bertz CT molecular complexity index is 235. The molecular formula is C12H22ClNO2. The number of hydrogen-bond acceptors (Lipinski definition) is 2. The molecule has 16 heavy (non-hydrogen) atoms. The maximum atomic E-state index is 11.4. The van der Waals surface area contributed by atoms with Crippen LogP contribution in [0.1, 0.15) is 45.4 Å². The molecule has 94 valence electrons. The molecule has 0 radical (unpaired) electrons. The normalized spacial score (nSPS) is 30.1. The molecule has 4 heteroatoms. The van der Waals surface area contributed by atoms with Gasteiger partial charge in [-0.1, -0.05) is 19.8 Å². The number of halogens is 1. The van der Waals surface area contributed by atoms with Crippen molar-refractivity contribution in [1.29, 1.82) is 0 Å². The second-order valence-corrected chi connectivity index (χ2v) is 5.37. The summed E-state index contributed by atoms with van der Waals surface area (Å²) >= 11 is 5.51. The number of alkyl halides is 1. The highest BCUT2D eigenvalue weighted by Gasteiger charge is 2.32. The first kappa shape index (κ1) is 13.8. The average molecular weight is 248 g/mol. The number of hydrogen-bond donors (Lipinski definition) is 2. The van der Waals surface area contributed by atoms with Crippen LogP contribution in [0.25, 0.3) is 0 Å². The van der Waals surface area contributed by atoms with Crippen molar-refractivity contribution in [3.63, 3.8) is 0 Å². The Balaban J connectivity index is 2.27. The van der Waals surface area contributed by atoms with Crippen molar-refractivity contribution in [3.8, 4) is 0 Å². The standard InChI is InChI=1S/C12H22ClNO2/c1-10-4-2-6-12(16,8-10)9-14-11(15)5-3-7-13/h10,16H,2-9H2,1H3,(H,14,15). The Kier molecular flexibility index (Phi) is 5.56. The SMILES string of the molecule is CC1CCCC(O)(CNC(=O)CCCCl)C1. The third kappa shape index (κ3) is 4.71. The van der Waals surface area contributed by atoms with Crippen molar-refractivity contribution in [2.24, 2.45) is 5.92 Å². The third-order valence-corrected chi connectivity index (χ3v) is 3.49. The van der Waals surface area contributed by atoms with E-state index in [1.165, 1.54) is 6.42 Å². The molecule has 0 bridgehead atoms. The average Bonchev–Trinajstić information content (AvgIpc) is 2.23. The van der Waals surface area contributed by atoms with Crippen LogP contribution < -0.4 is 5.32 Å². The van der Waals surface area contributed by atoms with E-state index in [0.717, 1.165) is 19.3 Å². The first-order valence-electron chi connectivity index (χ1n) is 6.11. The molecule has 1 fully saturated rings. The largest absolute Gasteiger partial charge is 0.388 e. The third-order valence-electron chi connectivity index (χ3n) is 3.22. The van der Waals surface area contributed by atoms with E-state index in [4.69, 9.17) is 11.6 Å². The van der Waals surface area contributed by atoms with Gasteiger partial charge in [-0.2, -0.15) is 0 Å². The van der Waals surface area contributed by atoms with Crippen LogP contribution in [-0.4, -0.2) is 29.0 Å². The van der Waals surface area contributed by atoms with Gasteiger partial charge in [0.15, 0.2) is 0 Å². The minimum absolute atomic E-state index is 0.00713. The number of carbonyl (C=O) groups is 1. The Labute approximate surface area is 103 Å². The maximum Gasteiger partial charge on any atom is 0.220 e. The Hall–Kier alpha value is -0.280. The van der Waals surface area contributed by atoms with Gasteiger partial charge in [0.05, 0.1) is 5.60 Å². The van der Waals surface area contributed by atoms with Gasteiger partial charge in [-0.25, -0.2) is 0 Å². The molecule has 0 heterocycles. The summed E-state index contributed by atoms with van der Waals surface area (Å²) in [4.78, 5) is 11.4. The molecule has 1 saturated carbocycles. The van der Waals surface area contributed by atoms with Gasteiger partial charge < -0.3 is 10.4 Å². The van der Waals surface area contributed by atoms with Crippen molar-refractivity contribution in [1.82, 2.24) is 5.32 Å². The van der Waals surface area contributed by atoms with E-state index in [9.17, 15) is 9.90 Å². The highest BCUT2D eigenvalue weighted by molar-refractivity contribution is 6.17. The molecule has 1 aliphatic carbocycles. The molecule has 0 saturated heterocycles. The highest BCUT2D eigenvalue weighted by atomic mass is 35.5. The first-order valence-corrected chi connectivity index (χ1v) is 6.64. The lowest BCUT2D eigenvalue weighted by molar-refractivity contribution is -0.123. The molecular weight excluding hydrogens is 226 g/mol. The molecule has 2 unspecified atom stereocenters. The van der Waals surface area contributed by atoms with Gasteiger partial charge in [0.1, 0.15) is 0 Å². The van der Waals surface area contributed by atoms with E-state index in [0.29, 0.717) is 31.2 Å². The van der Waals surface area contributed by atoms with Crippen LogP contribution in [0.15, 0.2) is 0 Å². The molecule has 2 atom stereocenters. The predicted molar refractivity (Wildman–Crippen MR) is 65.5 cm³/mol.